The third-order valence-electron chi connectivity index (χ3n) is 4.50. The standard InChI is InChI=1S/C12H16N2O3.C6H12O.K.14H/c1-2-17-12(16)6-11(15)8-3-4-10-9(5-8)7-13-14-10;1-6-4-2-3-5-7-6;;;;;;;;;;;;;;;/h7-8H,2-6H2,1H3,(H,13,14);6H,2-5H2,1H3;;;;;;;;;;;;;;;/q;;+1;14*-1/i;;;14*1+2. The van der Waals surface area contributed by atoms with Crippen LogP contribution in [0.4, 0.5) is 0 Å². The van der Waals surface area contributed by atoms with Crippen molar-refractivity contribution in [2.75, 3.05) is 13.2 Å². The number of hydrogen-bond acceptors (Lipinski definition) is 5. The number of nitrogens with zero attached hydrogens (tertiary/aromatic N) is 1. The Hall–Kier alpha value is -0.0536. The third-order valence-corrected chi connectivity index (χ3v) is 4.50. The van der Waals surface area contributed by atoms with E-state index in [9.17, 15) is 9.59 Å². The van der Waals surface area contributed by atoms with Crippen molar-refractivity contribution >= 4 is 11.8 Å². The molecule has 0 bridgehead atoms. The molecular formula is C18H42KN2O4-13. The van der Waals surface area contributed by atoms with E-state index in [4.69, 9.17) is 9.47 Å². The molecule has 0 aromatic carbocycles. The Morgan fingerprint density at radius 3 is 2.80 bits per heavy atom. The molecule has 2 atom stereocenters. The van der Waals surface area contributed by atoms with E-state index in [0.717, 1.165) is 30.7 Å². The Balaban J connectivity index is -0.0000000216. The second-order valence-electron chi connectivity index (χ2n) is 6.44. The summed E-state index contributed by atoms with van der Waals surface area (Å²) in [5.74, 6) is -0.504. The van der Waals surface area contributed by atoms with Crippen molar-refractivity contribution in [3.8, 4) is 0 Å². The van der Waals surface area contributed by atoms with Crippen molar-refractivity contribution in [2.45, 2.75) is 64.9 Å². The second-order valence-corrected chi connectivity index (χ2v) is 6.44. The molecule has 0 amide bonds. The summed E-state index contributed by atoms with van der Waals surface area (Å²) in [4.78, 5) is 23.1. The monoisotopic (exact) mass is 417 g/mol. The van der Waals surface area contributed by atoms with Gasteiger partial charge in [-0.3, -0.25) is 14.7 Å². The summed E-state index contributed by atoms with van der Waals surface area (Å²) in [7, 11) is 0. The SMILES string of the molecule is CC1CCCCO1.CCOC(=O)CC(=O)C1CCc2[nH]ncc2C1.[3H-].[3H-].[3H-].[3H-].[3H-].[3H-].[3H-].[3H-].[3H-].[3H-].[3H-].[3H-].[3H-].[3H-].[K+]. The number of H-pyrrole nitrogens is 1. The predicted octanol–water partition coefficient (Wildman–Crippen LogP) is 1.19. The van der Waals surface area contributed by atoms with Gasteiger partial charge in [0, 0.05) is 18.2 Å². The summed E-state index contributed by atoms with van der Waals surface area (Å²) in [5, 5.41) is 6.89. The molecule has 2 heterocycles. The number of esters is 1. The number of carbonyl (C=O) groups excluding carboxylic acids is 2. The van der Waals surface area contributed by atoms with Crippen molar-refractivity contribution in [3.05, 3.63) is 17.5 Å². The zero-order chi connectivity index (χ0) is 17.4. The molecule has 0 spiro atoms. The van der Waals surface area contributed by atoms with Crippen LogP contribution in [0.15, 0.2) is 6.20 Å². The maximum Gasteiger partial charge on any atom is 1.00 e. The van der Waals surface area contributed by atoms with E-state index in [1.807, 2.05) is 0 Å². The molecular weight excluding hydrogens is 347 g/mol. The Morgan fingerprint density at radius 1 is 1.40 bits per heavy atom. The fourth-order valence-electron chi connectivity index (χ4n) is 3.09. The number of ether oxygens (including phenoxy) is 2. The minimum absolute atomic E-state index is 0. The van der Waals surface area contributed by atoms with Crippen molar-refractivity contribution in [1.29, 1.82) is 0 Å². The van der Waals surface area contributed by atoms with Crippen molar-refractivity contribution in [2.24, 2.45) is 5.92 Å². The molecule has 2 aliphatic rings. The van der Waals surface area contributed by atoms with Gasteiger partial charge >= 0.3 is 57.4 Å². The van der Waals surface area contributed by atoms with Crippen LogP contribution in [0.25, 0.3) is 0 Å². The molecule has 1 aliphatic heterocycles. The number of rotatable bonds is 4. The maximum atomic E-state index is 11.9. The molecule has 1 aromatic rings. The Morgan fingerprint density at radius 2 is 2.20 bits per heavy atom. The normalized spacial score (nSPS) is 21.8. The summed E-state index contributed by atoms with van der Waals surface area (Å²) in [6.07, 6.45) is 8.39. The maximum absolute atomic E-state index is 11.9. The van der Waals surface area contributed by atoms with E-state index in [2.05, 4.69) is 17.1 Å². The molecule has 7 heteroatoms. The fraction of sp³-hybridized carbons (Fsp3) is 0.722. The number of nitrogens with one attached hydrogen (secondary N) is 1. The number of hydrogen-bond donors (Lipinski definition) is 1. The summed E-state index contributed by atoms with van der Waals surface area (Å²) >= 11 is 0. The summed E-state index contributed by atoms with van der Waals surface area (Å²) < 4.78 is 10.1. The van der Waals surface area contributed by atoms with Crippen LogP contribution < -0.4 is 51.4 Å². The van der Waals surface area contributed by atoms with E-state index < -0.39 is 5.97 Å². The zero-order valence-electron chi connectivity index (χ0n) is 29.7. The van der Waals surface area contributed by atoms with Crippen LogP contribution in [0.5, 0.6) is 0 Å². The molecule has 1 aliphatic carbocycles. The molecule has 2 unspecified atom stereocenters. The van der Waals surface area contributed by atoms with Gasteiger partial charge < -0.3 is 29.4 Å². The molecule has 1 aromatic heterocycles. The molecule has 1 fully saturated rings. The number of aromatic nitrogens is 2. The first-order chi connectivity index (χ1) is 11.6. The van der Waals surface area contributed by atoms with Gasteiger partial charge in [0.1, 0.15) is 12.2 Å². The minimum Gasteiger partial charge on any atom is -1.00 e. The van der Waals surface area contributed by atoms with E-state index in [1.165, 1.54) is 19.3 Å². The Kier molecular flexibility index (Phi) is 11.4. The van der Waals surface area contributed by atoms with Crippen molar-refractivity contribution in [3.63, 3.8) is 0 Å². The first-order valence-electron chi connectivity index (χ1n) is 8.91. The molecule has 0 saturated carbocycles. The average molecular weight is 418 g/mol. The van der Waals surface area contributed by atoms with Gasteiger partial charge in [0.15, 0.2) is 0 Å². The quantitative estimate of drug-likeness (QED) is 0.452. The van der Waals surface area contributed by atoms with Crippen LogP contribution in [0, 0.1) is 5.92 Å². The number of carbonyl (C=O) groups is 2. The Labute approximate surface area is 213 Å². The van der Waals surface area contributed by atoms with E-state index >= 15 is 0 Å². The number of fused-ring (bicyclic) bond motifs is 1. The van der Waals surface area contributed by atoms with Gasteiger partial charge in [0.05, 0.1) is 18.9 Å². The first-order valence-corrected chi connectivity index (χ1v) is 8.91. The van der Waals surface area contributed by atoms with Crippen LogP contribution in [0.3, 0.4) is 0 Å². The summed E-state index contributed by atoms with van der Waals surface area (Å²) in [6, 6.07) is 0. The molecule has 6 nitrogen and oxygen atoms in total. The predicted molar refractivity (Wildman–Crippen MR) is 105 cm³/mol. The molecule has 1 saturated heterocycles. The van der Waals surface area contributed by atoms with E-state index in [1.54, 1.807) is 13.1 Å². The zero-order valence-corrected chi connectivity index (χ0v) is 18.8. The third kappa shape index (κ3) is 8.01. The van der Waals surface area contributed by atoms with Gasteiger partial charge in [-0.2, -0.15) is 5.10 Å². The van der Waals surface area contributed by atoms with Crippen molar-refractivity contribution in [1.82, 2.24) is 10.2 Å². The minimum atomic E-state index is -0.421. The van der Waals surface area contributed by atoms with E-state index in [0.29, 0.717) is 19.1 Å². The molecule has 3 rings (SSSR count). The van der Waals surface area contributed by atoms with Gasteiger partial charge in [-0.05, 0) is 57.9 Å². The Bertz CT molecular complexity index is 578. The van der Waals surface area contributed by atoms with Gasteiger partial charge in [0.25, 0.3) is 0 Å². The summed E-state index contributed by atoms with van der Waals surface area (Å²) in [5.41, 5.74) is 2.21. The van der Waals surface area contributed by atoms with Gasteiger partial charge in [0.2, 0.25) is 0 Å². The molecule has 1 N–H and O–H groups in total. The fourth-order valence-corrected chi connectivity index (χ4v) is 3.09. The topological polar surface area (TPSA) is 81.3 Å². The first kappa shape index (κ1) is 23.0. The molecule has 162 valence electrons. The molecule has 0 radical (unpaired) electrons. The van der Waals surface area contributed by atoms with Gasteiger partial charge in [-0.25, -0.2) is 0 Å². The number of aromatic amines is 1. The number of Topliss-reactive ketones (excluding diaryl/α,β-unsaturated/α-hetero) is 1. The smallest absolute Gasteiger partial charge is 1.00 e. The van der Waals surface area contributed by atoms with Crippen LogP contribution in [-0.4, -0.2) is 41.3 Å². The molecule has 25 heavy (non-hydrogen) atoms. The van der Waals surface area contributed by atoms with E-state index in [-0.39, 0.29) is 89.5 Å². The van der Waals surface area contributed by atoms with Gasteiger partial charge in [-0.15, -0.1) is 0 Å². The average Bonchev–Trinajstić information content (AvgIpc) is 3.04. The van der Waals surface area contributed by atoms with Crippen LogP contribution >= 0.6 is 0 Å². The van der Waals surface area contributed by atoms with Crippen LogP contribution in [0.2, 0.25) is 0 Å². The van der Waals surface area contributed by atoms with Gasteiger partial charge in [-0.1, -0.05) is 0 Å². The van der Waals surface area contributed by atoms with Crippen LogP contribution in [-0.2, 0) is 31.9 Å². The van der Waals surface area contributed by atoms with Crippen molar-refractivity contribution < 1.29 is 90.4 Å². The van der Waals surface area contributed by atoms with Crippen LogP contribution in [0.1, 0.15) is 77.2 Å². The number of aryl methyl sites for hydroxylation is 1. The summed E-state index contributed by atoms with van der Waals surface area (Å²) in [6.45, 7) is 5.18. The largest absolute Gasteiger partial charge is 1.00 e. The number of ketones is 1. The second kappa shape index (κ2) is 12.4.